The highest BCUT2D eigenvalue weighted by atomic mass is 35.5. The average Bonchev–Trinajstić information content (AvgIpc) is 2.53. The number of aliphatic carboxylic acids is 1. The molecule has 0 fully saturated rings. The van der Waals surface area contributed by atoms with Crippen LogP contribution in [0.25, 0.3) is 10.8 Å². The van der Waals surface area contributed by atoms with Gasteiger partial charge in [-0.05, 0) is 26.0 Å². The van der Waals surface area contributed by atoms with Crippen molar-refractivity contribution in [1.82, 2.24) is 9.71 Å². The maximum atomic E-state index is 12.4. The number of carbonyl (C=O) groups is 1. The largest absolute Gasteiger partial charge is 0.480 e. The average molecular weight is 422 g/mol. The van der Waals surface area contributed by atoms with Crippen LogP contribution >= 0.6 is 24.2 Å². The number of guanidine groups is 1. The van der Waals surface area contributed by atoms with Gasteiger partial charge >= 0.3 is 5.97 Å². The summed E-state index contributed by atoms with van der Waals surface area (Å²) in [5, 5.41) is 13.0. The number of fused-ring (bicyclic) bond motifs is 1. The van der Waals surface area contributed by atoms with E-state index in [4.69, 9.17) is 22.6 Å². The number of rotatable bonds is 5. The number of benzene rings is 1. The standard InChI is InChI=1S/C14H16ClN5O4S.ClH/c1-14(2,12(21)22)20-25(23,24)9-3-4-10-8(5-9)6-17-7-11(10)18-13(16)19-15;/h3-7,20H,1-2H3,(H,21,22)(H3,16,18,19);1H. The SMILES string of the molecule is CC(C)(NS(=O)(=O)c1ccc2c(NC(N)=NCl)cncc2c1)C(=O)O.Cl. The molecule has 0 aliphatic rings. The van der Waals surface area contributed by atoms with Crippen molar-refractivity contribution in [2.24, 2.45) is 10.2 Å². The molecule has 0 saturated heterocycles. The number of aromatic nitrogens is 1. The van der Waals surface area contributed by atoms with Crippen molar-refractivity contribution >= 4 is 62.6 Å². The number of pyridine rings is 1. The van der Waals surface area contributed by atoms with E-state index in [9.17, 15) is 13.2 Å². The third-order valence-electron chi connectivity index (χ3n) is 3.32. The zero-order valence-corrected chi connectivity index (χ0v) is 16.1. The Kier molecular flexibility index (Phi) is 6.77. The molecule has 0 amide bonds. The van der Waals surface area contributed by atoms with Gasteiger partial charge in [0.25, 0.3) is 0 Å². The molecule has 0 bridgehead atoms. The second-order valence-electron chi connectivity index (χ2n) is 5.70. The van der Waals surface area contributed by atoms with Gasteiger partial charge in [0.1, 0.15) is 5.54 Å². The summed E-state index contributed by atoms with van der Waals surface area (Å²) in [6.07, 6.45) is 2.95. The van der Waals surface area contributed by atoms with Gasteiger partial charge < -0.3 is 16.2 Å². The van der Waals surface area contributed by atoms with Gasteiger partial charge in [0.05, 0.1) is 16.8 Å². The van der Waals surface area contributed by atoms with Gasteiger partial charge in [0.15, 0.2) is 0 Å². The van der Waals surface area contributed by atoms with Crippen LogP contribution < -0.4 is 15.8 Å². The van der Waals surface area contributed by atoms with Crippen molar-refractivity contribution in [1.29, 1.82) is 0 Å². The third-order valence-corrected chi connectivity index (χ3v) is 5.15. The van der Waals surface area contributed by atoms with Crippen LogP contribution in [0.15, 0.2) is 40.0 Å². The normalized spacial score (nSPS) is 12.5. The molecule has 12 heteroatoms. The molecule has 0 unspecified atom stereocenters. The lowest BCUT2D eigenvalue weighted by Gasteiger charge is -2.21. The van der Waals surface area contributed by atoms with E-state index in [-0.39, 0.29) is 23.3 Å². The van der Waals surface area contributed by atoms with E-state index in [0.29, 0.717) is 16.5 Å². The summed E-state index contributed by atoms with van der Waals surface area (Å²) in [6, 6.07) is 4.27. The highest BCUT2D eigenvalue weighted by molar-refractivity contribution is 7.89. The summed E-state index contributed by atoms with van der Waals surface area (Å²) in [6.45, 7) is 2.51. The van der Waals surface area contributed by atoms with Crippen molar-refractivity contribution < 1.29 is 18.3 Å². The zero-order valence-electron chi connectivity index (χ0n) is 13.7. The zero-order chi connectivity index (χ0) is 18.8. The van der Waals surface area contributed by atoms with Crippen LogP contribution in [0.5, 0.6) is 0 Å². The highest BCUT2D eigenvalue weighted by Gasteiger charge is 2.33. The Morgan fingerprint density at radius 2 is 2.00 bits per heavy atom. The minimum atomic E-state index is -4.04. The van der Waals surface area contributed by atoms with E-state index >= 15 is 0 Å². The number of nitrogens with one attached hydrogen (secondary N) is 2. The predicted octanol–water partition coefficient (Wildman–Crippen LogP) is 1.68. The monoisotopic (exact) mass is 421 g/mol. The van der Waals surface area contributed by atoms with Gasteiger partial charge in [-0.25, -0.2) is 8.42 Å². The number of hydrogen-bond donors (Lipinski definition) is 4. The highest BCUT2D eigenvalue weighted by Crippen LogP contribution is 2.25. The fourth-order valence-corrected chi connectivity index (χ4v) is 3.47. The lowest BCUT2D eigenvalue weighted by atomic mass is 10.1. The van der Waals surface area contributed by atoms with Crippen LogP contribution in [0.3, 0.4) is 0 Å². The number of nitrogens with two attached hydrogens (primary N) is 1. The van der Waals surface area contributed by atoms with Crippen LogP contribution in [-0.2, 0) is 14.8 Å². The number of carboxylic acid groups (broad SMARTS) is 1. The van der Waals surface area contributed by atoms with Crippen molar-refractivity contribution in [3.8, 4) is 0 Å². The minimum Gasteiger partial charge on any atom is -0.480 e. The van der Waals surface area contributed by atoms with E-state index in [1.807, 2.05) is 0 Å². The maximum absolute atomic E-state index is 12.4. The summed E-state index contributed by atoms with van der Waals surface area (Å²) >= 11 is 5.27. The van der Waals surface area contributed by atoms with Gasteiger partial charge in [-0.3, -0.25) is 9.78 Å². The van der Waals surface area contributed by atoms with Gasteiger partial charge in [0.2, 0.25) is 16.0 Å². The van der Waals surface area contributed by atoms with Gasteiger partial charge in [0, 0.05) is 28.7 Å². The summed E-state index contributed by atoms with van der Waals surface area (Å²) in [4.78, 5) is 15.0. The van der Waals surface area contributed by atoms with E-state index in [0.717, 1.165) is 0 Å². The fraction of sp³-hybridized carbons (Fsp3) is 0.214. The number of nitrogens with zero attached hydrogens (tertiary/aromatic N) is 2. The van der Waals surface area contributed by atoms with Crippen molar-refractivity contribution in [2.75, 3.05) is 5.32 Å². The smallest absolute Gasteiger partial charge is 0.324 e. The topological polar surface area (TPSA) is 147 Å². The molecule has 1 aromatic carbocycles. The summed E-state index contributed by atoms with van der Waals surface area (Å²) in [7, 11) is -4.04. The number of hydrogen-bond acceptors (Lipinski definition) is 5. The van der Waals surface area contributed by atoms with E-state index in [1.54, 1.807) is 6.07 Å². The minimum absolute atomic E-state index is 0. The molecule has 9 nitrogen and oxygen atoms in total. The molecule has 0 aliphatic carbocycles. The van der Waals surface area contributed by atoms with E-state index in [2.05, 4.69) is 19.5 Å². The quantitative estimate of drug-likeness (QED) is 0.423. The molecule has 26 heavy (non-hydrogen) atoms. The molecule has 0 atom stereocenters. The first-order valence-corrected chi connectivity index (χ1v) is 8.75. The summed E-state index contributed by atoms with van der Waals surface area (Å²) in [5.41, 5.74) is 4.35. The molecule has 0 radical (unpaired) electrons. The molecule has 5 N–H and O–H groups in total. The van der Waals surface area contributed by atoms with Gasteiger partial charge in [-0.1, -0.05) is 6.07 Å². The van der Waals surface area contributed by atoms with Crippen LogP contribution in [0.2, 0.25) is 0 Å². The Morgan fingerprint density at radius 3 is 2.58 bits per heavy atom. The molecule has 0 spiro atoms. The first-order valence-electron chi connectivity index (χ1n) is 6.93. The summed E-state index contributed by atoms with van der Waals surface area (Å²) < 4.78 is 30.3. The molecule has 1 heterocycles. The Labute approximate surface area is 161 Å². The molecular formula is C14H17Cl2N5O4S. The number of carboxylic acids is 1. The Balaban J connectivity index is 0.00000338. The van der Waals surface area contributed by atoms with Crippen LogP contribution in [-0.4, -0.2) is 36.0 Å². The Bertz CT molecular complexity index is 963. The van der Waals surface area contributed by atoms with Gasteiger partial charge in [-0.15, -0.1) is 16.9 Å². The molecule has 1 aromatic heterocycles. The maximum Gasteiger partial charge on any atom is 0.324 e. The Morgan fingerprint density at radius 1 is 1.35 bits per heavy atom. The second kappa shape index (κ2) is 8.04. The first kappa shape index (κ1) is 21.9. The molecule has 2 rings (SSSR count). The lowest BCUT2D eigenvalue weighted by Crippen LogP contribution is -2.49. The van der Waals surface area contributed by atoms with Crippen LogP contribution in [0, 0.1) is 0 Å². The van der Waals surface area contributed by atoms with Crippen LogP contribution in [0.1, 0.15) is 13.8 Å². The number of anilines is 1. The van der Waals surface area contributed by atoms with Gasteiger partial charge in [-0.2, -0.15) is 4.72 Å². The summed E-state index contributed by atoms with van der Waals surface area (Å²) in [5.74, 6) is -1.33. The van der Waals surface area contributed by atoms with E-state index in [1.165, 1.54) is 38.4 Å². The predicted molar refractivity (Wildman–Crippen MR) is 102 cm³/mol. The first-order chi connectivity index (χ1) is 11.6. The molecule has 142 valence electrons. The number of sulfonamides is 1. The molecule has 2 aromatic rings. The molecular weight excluding hydrogens is 405 g/mol. The Hall–Kier alpha value is -2.14. The third kappa shape index (κ3) is 4.73. The number of halogens is 2. The van der Waals surface area contributed by atoms with Crippen molar-refractivity contribution in [2.45, 2.75) is 24.3 Å². The van der Waals surface area contributed by atoms with E-state index < -0.39 is 21.5 Å². The fourth-order valence-electron chi connectivity index (χ4n) is 2.02. The van der Waals surface area contributed by atoms with Crippen LogP contribution in [0.4, 0.5) is 5.69 Å². The van der Waals surface area contributed by atoms with Crippen molar-refractivity contribution in [3.63, 3.8) is 0 Å². The molecule has 0 saturated carbocycles. The lowest BCUT2D eigenvalue weighted by molar-refractivity contribution is -0.142. The molecule has 0 aliphatic heterocycles. The van der Waals surface area contributed by atoms with Crippen molar-refractivity contribution in [3.05, 3.63) is 30.6 Å². The second-order valence-corrected chi connectivity index (χ2v) is 7.55.